The summed E-state index contributed by atoms with van der Waals surface area (Å²) in [6.07, 6.45) is 1.23. The molecule has 0 amide bonds. The lowest BCUT2D eigenvalue weighted by Gasteiger charge is -2.02. The number of nitrogens with one attached hydrogen (secondary N) is 1. The third kappa shape index (κ3) is 3.95. The van der Waals surface area contributed by atoms with Crippen LogP contribution in [0.5, 0.6) is 0 Å². The quantitative estimate of drug-likeness (QED) is 0.493. The highest BCUT2D eigenvalue weighted by Gasteiger charge is 2.08. The smallest absolute Gasteiger partial charge is 0.350 e. The summed E-state index contributed by atoms with van der Waals surface area (Å²) < 4.78 is 17.3. The van der Waals surface area contributed by atoms with Gasteiger partial charge in [0.25, 0.3) is 0 Å². The predicted molar refractivity (Wildman–Crippen MR) is 60.4 cm³/mol. The van der Waals surface area contributed by atoms with Crippen molar-refractivity contribution in [2.45, 2.75) is 6.92 Å². The standard InChI is InChI=1S/C12H11FN2O2/c1-2-17-12(16)9(7-14)8-15-11-5-3-10(13)4-6-11/h3-6,8,15H,2H2,1H3. The van der Waals surface area contributed by atoms with Gasteiger partial charge in [-0.25, -0.2) is 9.18 Å². The average molecular weight is 234 g/mol. The van der Waals surface area contributed by atoms with E-state index in [2.05, 4.69) is 10.1 Å². The Morgan fingerprint density at radius 1 is 1.53 bits per heavy atom. The molecule has 0 aromatic heterocycles. The zero-order valence-corrected chi connectivity index (χ0v) is 9.24. The van der Waals surface area contributed by atoms with Crippen LogP contribution in [0.25, 0.3) is 0 Å². The number of hydrogen-bond donors (Lipinski definition) is 1. The maximum atomic E-state index is 12.6. The number of carbonyl (C=O) groups excluding carboxylic acids is 1. The minimum Gasteiger partial charge on any atom is -0.462 e. The van der Waals surface area contributed by atoms with Crippen LogP contribution in [-0.2, 0) is 9.53 Å². The monoisotopic (exact) mass is 234 g/mol. The second-order valence-electron chi connectivity index (χ2n) is 3.04. The summed E-state index contributed by atoms with van der Waals surface area (Å²) in [6.45, 7) is 1.86. The summed E-state index contributed by atoms with van der Waals surface area (Å²) in [5.41, 5.74) is 0.430. The normalized spacial score (nSPS) is 10.5. The molecule has 0 saturated carbocycles. The van der Waals surface area contributed by atoms with E-state index in [1.165, 1.54) is 30.5 Å². The fourth-order valence-electron chi connectivity index (χ4n) is 1.05. The lowest BCUT2D eigenvalue weighted by Crippen LogP contribution is -2.07. The Morgan fingerprint density at radius 3 is 2.71 bits per heavy atom. The van der Waals surface area contributed by atoms with Crippen molar-refractivity contribution >= 4 is 11.7 Å². The van der Waals surface area contributed by atoms with Crippen molar-refractivity contribution in [2.24, 2.45) is 0 Å². The van der Waals surface area contributed by atoms with Gasteiger partial charge in [-0.3, -0.25) is 0 Å². The lowest BCUT2D eigenvalue weighted by molar-refractivity contribution is -0.138. The summed E-state index contributed by atoms with van der Waals surface area (Å²) in [5.74, 6) is -1.05. The van der Waals surface area contributed by atoms with Gasteiger partial charge in [0.2, 0.25) is 0 Å². The van der Waals surface area contributed by atoms with Gasteiger partial charge < -0.3 is 10.1 Å². The first-order chi connectivity index (χ1) is 8.17. The zero-order chi connectivity index (χ0) is 12.7. The van der Waals surface area contributed by atoms with Crippen LogP contribution in [0, 0.1) is 17.1 Å². The minimum atomic E-state index is -0.690. The summed E-state index contributed by atoms with van der Waals surface area (Å²) in [7, 11) is 0. The van der Waals surface area contributed by atoms with Crippen LogP contribution < -0.4 is 5.32 Å². The molecule has 4 nitrogen and oxygen atoms in total. The number of nitrogens with zero attached hydrogens (tertiary/aromatic N) is 1. The molecular formula is C12H11FN2O2. The molecule has 0 aliphatic rings. The summed E-state index contributed by atoms with van der Waals surface area (Å²) in [5, 5.41) is 11.4. The Labute approximate surface area is 98.3 Å². The fraction of sp³-hybridized carbons (Fsp3) is 0.167. The molecule has 0 fully saturated rings. The second kappa shape index (κ2) is 6.28. The molecule has 1 aromatic carbocycles. The van der Waals surface area contributed by atoms with Crippen LogP contribution >= 0.6 is 0 Å². The molecule has 0 bridgehead atoms. The second-order valence-corrected chi connectivity index (χ2v) is 3.04. The summed E-state index contributed by atoms with van der Waals surface area (Å²) >= 11 is 0. The Morgan fingerprint density at radius 2 is 2.18 bits per heavy atom. The summed E-state index contributed by atoms with van der Waals surface area (Å²) in [6, 6.07) is 7.24. The molecule has 88 valence electrons. The van der Waals surface area contributed by atoms with Gasteiger partial charge >= 0.3 is 5.97 Å². The Kier molecular flexibility index (Phi) is 4.70. The molecule has 17 heavy (non-hydrogen) atoms. The topological polar surface area (TPSA) is 62.1 Å². The van der Waals surface area contributed by atoms with Crippen LogP contribution in [0.4, 0.5) is 10.1 Å². The largest absolute Gasteiger partial charge is 0.462 e. The first-order valence-electron chi connectivity index (χ1n) is 4.97. The van der Waals surface area contributed by atoms with Crippen LogP contribution in [0.3, 0.4) is 0 Å². The van der Waals surface area contributed by atoms with E-state index in [-0.39, 0.29) is 18.0 Å². The van der Waals surface area contributed by atoms with E-state index in [0.29, 0.717) is 5.69 Å². The number of carbonyl (C=O) groups is 1. The van der Waals surface area contributed by atoms with Crippen molar-refractivity contribution in [3.05, 3.63) is 41.9 Å². The van der Waals surface area contributed by atoms with E-state index in [4.69, 9.17) is 5.26 Å². The van der Waals surface area contributed by atoms with Gasteiger partial charge in [0, 0.05) is 11.9 Å². The van der Waals surface area contributed by atoms with Crippen LogP contribution in [0.15, 0.2) is 36.0 Å². The third-order valence-corrected chi connectivity index (χ3v) is 1.84. The first-order valence-corrected chi connectivity index (χ1v) is 4.97. The molecule has 1 rings (SSSR count). The van der Waals surface area contributed by atoms with E-state index in [1.54, 1.807) is 13.0 Å². The van der Waals surface area contributed by atoms with Gasteiger partial charge in [0.1, 0.15) is 11.9 Å². The zero-order valence-electron chi connectivity index (χ0n) is 9.24. The lowest BCUT2D eigenvalue weighted by atomic mass is 10.3. The molecule has 0 spiro atoms. The predicted octanol–water partition coefficient (Wildman–Crippen LogP) is 2.21. The number of halogens is 1. The van der Waals surface area contributed by atoms with Gasteiger partial charge in [0.05, 0.1) is 6.61 Å². The van der Waals surface area contributed by atoms with E-state index in [1.807, 2.05) is 0 Å². The minimum absolute atomic E-state index is 0.142. The number of benzene rings is 1. The maximum absolute atomic E-state index is 12.6. The van der Waals surface area contributed by atoms with E-state index in [0.717, 1.165) is 0 Å². The van der Waals surface area contributed by atoms with Crippen molar-refractivity contribution in [1.82, 2.24) is 0 Å². The molecule has 0 radical (unpaired) electrons. The molecule has 0 saturated heterocycles. The Hall–Kier alpha value is -2.35. The molecule has 1 N–H and O–H groups in total. The van der Waals surface area contributed by atoms with E-state index in [9.17, 15) is 9.18 Å². The van der Waals surface area contributed by atoms with Gasteiger partial charge in [0.15, 0.2) is 5.57 Å². The van der Waals surface area contributed by atoms with Crippen molar-refractivity contribution in [3.63, 3.8) is 0 Å². The van der Waals surface area contributed by atoms with Crippen molar-refractivity contribution in [3.8, 4) is 6.07 Å². The van der Waals surface area contributed by atoms with Gasteiger partial charge in [-0.1, -0.05) is 0 Å². The molecule has 0 unspecified atom stereocenters. The number of ether oxygens (including phenoxy) is 1. The van der Waals surface area contributed by atoms with Crippen LogP contribution in [0.2, 0.25) is 0 Å². The number of hydrogen-bond acceptors (Lipinski definition) is 4. The molecule has 1 aromatic rings. The molecule has 0 aliphatic carbocycles. The highest BCUT2D eigenvalue weighted by molar-refractivity contribution is 5.93. The fourth-order valence-corrected chi connectivity index (χ4v) is 1.05. The molecule has 0 atom stereocenters. The summed E-state index contributed by atoms with van der Waals surface area (Å²) in [4.78, 5) is 11.2. The highest BCUT2D eigenvalue weighted by Crippen LogP contribution is 2.09. The highest BCUT2D eigenvalue weighted by atomic mass is 19.1. The first kappa shape index (κ1) is 12.7. The van der Waals surface area contributed by atoms with Gasteiger partial charge in [-0.2, -0.15) is 5.26 Å². The molecule has 0 heterocycles. The van der Waals surface area contributed by atoms with Crippen molar-refractivity contribution in [2.75, 3.05) is 11.9 Å². The maximum Gasteiger partial charge on any atom is 0.350 e. The number of rotatable bonds is 4. The van der Waals surface area contributed by atoms with E-state index < -0.39 is 5.97 Å². The van der Waals surface area contributed by atoms with Crippen molar-refractivity contribution < 1.29 is 13.9 Å². The van der Waals surface area contributed by atoms with Crippen LogP contribution in [-0.4, -0.2) is 12.6 Å². The number of anilines is 1. The Balaban J connectivity index is 2.71. The van der Waals surface area contributed by atoms with Crippen LogP contribution in [0.1, 0.15) is 6.92 Å². The SMILES string of the molecule is CCOC(=O)C(C#N)=CNc1ccc(F)cc1. The Bertz CT molecular complexity index is 460. The third-order valence-electron chi connectivity index (χ3n) is 1.84. The number of esters is 1. The average Bonchev–Trinajstić information content (AvgIpc) is 2.32. The van der Waals surface area contributed by atoms with Gasteiger partial charge in [-0.15, -0.1) is 0 Å². The molecule has 0 aliphatic heterocycles. The van der Waals surface area contributed by atoms with E-state index >= 15 is 0 Å². The van der Waals surface area contributed by atoms with Crippen molar-refractivity contribution in [1.29, 1.82) is 5.26 Å². The molecular weight excluding hydrogens is 223 g/mol. The van der Waals surface area contributed by atoms with Gasteiger partial charge in [-0.05, 0) is 31.2 Å². The number of nitriles is 1. The molecule has 5 heteroatoms.